The molecule has 2 saturated heterocycles. The van der Waals surface area contributed by atoms with Crippen LogP contribution in [0.2, 0.25) is 0 Å². The highest BCUT2D eigenvalue weighted by Gasteiger charge is 2.39. The number of likely N-dealkylation sites (tertiary alicyclic amines) is 1. The Morgan fingerprint density at radius 2 is 1.90 bits per heavy atom. The highest BCUT2D eigenvalue weighted by Crippen LogP contribution is 2.36. The summed E-state index contributed by atoms with van der Waals surface area (Å²) in [6.07, 6.45) is 0.768. The Labute approximate surface area is 183 Å². The second-order valence-electron chi connectivity index (χ2n) is 9.15. The van der Waals surface area contributed by atoms with E-state index in [1.165, 1.54) is 4.90 Å². The van der Waals surface area contributed by atoms with E-state index in [-0.39, 0.29) is 36.7 Å². The molecule has 2 aliphatic heterocycles. The Kier molecular flexibility index (Phi) is 7.02. The molecule has 1 aromatic rings. The number of amides is 1. The van der Waals surface area contributed by atoms with E-state index in [2.05, 4.69) is 0 Å². The van der Waals surface area contributed by atoms with Gasteiger partial charge in [-0.3, -0.25) is 0 Å². The normalized spacial score (nSPS) is 24.6. The van der Waals surface area contributed by atoms with E-state index >= 15 is 0 Å². The molecule has 2 heterocycles. The maximum Gasteiger partial charge on any atom is 0.407 e. The van der Waals surface area contributed by atoms with Crippen LogP contribution in [0.4, 0.5) is 4.79 Å². The number of piperidine rings is 1. The lowest BCUT2D eigenvalue weighted by molar-refractivity contribution is 0.0123. The molecule has 174 valence electrons. The zero-order valence-corrected chi connectivity index (χ0v) is 19.2. The summed E-state index contributed by atoms with van der Waals surface area (Å²) in [5, 5.41) is 9.54. The minimum absolute atomic E-state index is 0.0760. The molecule has 1 N–H and O–H groups in total. The van der Waals surface area contributed by atoms with Gasteiger partial charge in [0.05, 0.1) is 20.3 Å². The number of rotatable bonds is 5. The molecule has 0 spiro atoms. The summed E-state index contributed by atoms with van der Waals surface area (Å²) in [4.78, 5) is 13.1. The molecule has 2 fully saturated rings. The van der Waals surface area contributed by atoms with Gasteiger partial charge in [-0.15, -0.1) is 0 Å². The first-order valence-corrected chi connectivity index (χ1v) is 11.7. The molecule has 2 aliphatic rings. The van der Waals surface area contributed by atoms with Crippen molar-refractivity contribution in [3.63, 3.8) is 0 Å². The highest BCUT2D eigenvalue weighted by molar-refractivity contribution is 7.81. The molecule has 1 aromatic carbocycles. The Morgan fingerprint density at radius 3 is 2.48 bits per heavy atom. The zero-order chi connectivity index (χ0) is 22.8. The third kappa shape index (κ3) is 6.02. The number of benzene rings is 1. The second kappa shape index (κ2) is 9.22. The van der Waals surface area contributed by atoms with Gasteiger partial charge < -0.3 is 19.5 Å². The third-order valence-electron chi connectivity index (χ3n) is 5.74. The van der Waals surface area contributed by atoms with Crippen LogP contribution >= 0.6 is 0 Å². The third-order valence-corrected chi connectivity index (χ3v) is 6.59. The van der Waals surface area contributed by atoms with Crippen molar-refractivity contribution in [1.82, 2.24) is 4.90 Å². The number of carboxylic acid groups (broad SMARTS) is 1. The Morgan fingerprint density at radius 1 is 1.23 bits per heavy atom. The monoisotopic (exact) mass is 457 g/mol. The molecule has 2 atom stereocenters. The van der Waals surface area contributed by atoms with Gasteiger partial charge >= 0.3 is 16.5 Å². The predicted molar refractivity (Wildman–Crippen MR) is 113 cm³/mol. The van der Waals surface area contributed by atoms with Crippen molar-refractivity contribution in [3.8, 4) is 11.5 Å². The van der Waals surface area contributed by atoms with Crippen LogP contribution in [0.15, 0.2) is 18.2 Å². The number of ether oxygens (including phenoxy) is 2. The second-order valence-corrected chi connectivity index (χ2v) is 10.4. The Balaban J connectivity index is 1.67. The number of nitrogens with zero attached hydrogens (tertiary/aromatic N) is 1. The van der Waals surface area contributed by atoms with Gasteiger partial charge in [-0.05, 0) is 29.5 Å². The molecule has 9 nitrogen and oxygen atoms in total. The summed E-state index contributed by atoms with van der Waals surface area (Å²) in [7, 11) is -2.29. The summed E-state index contributed by atoms with van der Waals surface area (Å²) < 4.78 is 43.6. The molecule has 3 rings (SSSR count). The number of hydrogen-bond donors (Lipinski definition) is 1. The fourth-order valence-corrected chi connectivity index (χ4v) is 4.88. The van der Waals surface area contributed by atoms with Crippen LogP contribution in [-0.2, 0) is 25.2 Å². The maximum absolute atomic E-state index is 11.6. The highest BCUT2D eigenvalue weighted by atomic mass is 32.3. The molecule has 0 aliphatic carbocycles. The molecule has 0 radical (unpaired) electrons. The van der Waals surface area contributed by atoms with Gasteiger partial charge in [-0.25, -0.2) is 13.2 Å². The molecule has 1 amide bonds. The van der Waals surface area contributed by atoms with Crippen molar-refractivity contribution in [2.45, 2.75) is 52.2 Å². The topological polar surface area (TPSA) is 112 Å². The summed E-state index contributed by atoms with van der Waals surface area (Å²) >= 11 is 0. The Hall–Kier alpha value is -2.04. The lowest BCUT2D eigenvalue weighted by Gasteiger charge is -2.44. The first-order valence-electron chi connectivity index (χ1n) is 10.4. The standard InChI is InChI=1S/C21H31NO8S/c1-21(2,3)19-11-16(7-8-22(19)20(23)24)30-17-6-5-14(10-18(17)27-4)9-15-12-28-31(25,26)29-13-15/h5-6,10,15-16,19H,7-9,11-13H2,1-4H3,(H,23,24). The zero-order valence-electron chi connectivity index (χ0n) is 18.4. The SMILES string of the molecule is COc1cc(CC2COS(=O)(=O)OC2)ccc1OC1CCN(C(=O)O)C(C(C)(C)C)C1. The number of hydrogen-bond acceptors (Lipinski definition) is 7. The van der Waals surface area contributed by atoms with E-state index in [1.54, 1.807) is 7.11 Å². The fourth-order valence-electron chi connectivity index (χ4n) is 4.10. The van der Waals surface area contributed by atoms with Crippen LogP contribution in [0.25, 0.3) is 0 Å². The van der Waals surface area contributed by atoms with E-state index in [4.69, 9.17) is 17.8 Å². The average Bonchev–Trinajstić information content (AvgIpc) is 2.69. The van der Waals surface area contributed by atoms with E-state index in [9.17, 15) is 18.3 Å². The first-order chi connectivity index (χ1) is 14.5. The molecule has 0 aromatic heterocycles. The van der Waals surface area contributed by atoms with Crippen molar-refractivity contribution < 1.29 is 36.2 Å². The van der Waals surface area contributed by atoms with Crippen LogP contribution in [0.5, 0.6) is 11.5 Å². The van der Waals surface area contributed by atoms with E-state index < -0.39 is 16.5 Å². The smallest absolute Gasteiger partial charge is 0.407 e. The maximum atomic E-state index is 11.6. The van der Waals surface area contributed by atoms with Crippen molar-refractivity contribution in [3.05, 3.63) is 23.8 Å². The average molecular weight is 458 g/mol. The van der Waals surface area contributed by atoms with Crippen LogP contribution in [0.3, 0.4) is 0 Å². The quantitative estimate of drug-likeness (QED) is 0.718. The van der Waals surface area contributed by atoms with E-state index in [0.717, 1.165) is 5.56 Å². The van der Waals surface area contributed by atoms with Gasteiger partial charge in [0.25, 0.3) is 0 Å². The minimum Gasteiger partial charge on any atom is -0.493 e. The summed E-state index contributed by atoms with van der Waals surface area (Å²) in [6, 6.07) is 5.47. The molecule has 0 saturated carbocycles. The lowest BCUT2D eigenvalue weighted by Crippen LogP contribution is -2.53. The largest absolute Gasteiger partial charge is 0.493 e. The van der Waals surface area contributed by atoms with Gasteiger partial charge in [-0.2, -0.15) is 8.42 Å². The van der Waals surface area contributed by atoms with Gasteiger partial charge in [0.1, 0.15) is 6.10 Å². The molecule has 10 heteroatoms. The first kappa shape index (κ1) is 23.6. The fraction of sp³-hybridized carbons (Fsp3) is 0.667. The summed E-state index contributed by atoms with van der Waals surface area (Å²) in [6.45, 7) is 6.70. The van der Waals surface area contributed by atoms with Gasteiger partial charge in [0.2, 0.25) is 0 Å². The molecule has 2 unspecified atom stereocenters. The van der Waals surface area contributed by atoms with Gasteiger partial charge in [0.15, 0.2) is 11.5 Å². The number of methoxy groups -OCH3 is 1. The Bertz CT molecular complexity index is 881. The van der Waals surface area contributed by atoms with Crippen LogP contribution in [0, 0.1) is 11.3 Å². The van der Waals surface area contributed by atoms with Crippen molar-refractivity contribution in [2.24, 2.45) is 11.3 Å². The summed E-state index contributed by atoms with van der Waals surface area (Å²) in [5.74, 6) is 1.11. The van der Waals surface area contributed by atoms with Crippen molar-refractivity contribution in [2.75, 3.05) is 26.9 Å². The number of carbonyl (C=O) groups is 1. The summed E-state index contributed by atoms with van der Waals surface area (Å²) in [5.41, 5.74) is 0.750. The minimum atomic E-state index is -3.85. The van der Waals surface area contributed by atoms with Crippen LogP contribution in [-0.4, -0.2) is 63.5 Å². The van der Waals surface area contributed by atoms with Crippen LogP contribution in [0.1, 0.15) is 39.2 Å². The molecular formula is C21H31NO8S. The van der Waals surface area contributed by atoms with Crippen molar-refractivity contribution in [1.29, 1.82) is 0 Å². The molecule has 0 bridgehead atoms. The van der Waals surface area contributed by atoms with Crippen LogP contribution < -0.4 is 9.47 Å². The van der Waals surface area contributed by atoms with E-state index in [0.29, 0.717) is 37.3 Å². The lowest BCUT2D eigenvalue weighted by atomic mass is 9.80. The molecular weight excluding hydrogens is 426 g/mol. The molecule has 31 heavy (non-hydrogen) atoms. The van der Waals surface area contributed by atoms with E-state index in [1.807, 2.05) is 39.0 Å². The predicted octanol–water partition coefficient (Wildman–Crippen LogP) is 3.08. The van der Waals surface area contributed by atoms with Crippen molar-refractivity contribution >= 4 is 16.5 Å². The van der Waals surface area contributed by atoms with Gasteiger partial charge in [0, 0.05) is 31.3 Å². The van der Waals surface area contributed by atoms with Gasteiger partial charge in [-0.1, -0.05) is 26.8 Å².